The third kappa shape index (κ3) is 4.06. The topological polar surface area (TPSA) is 53.7 Å². The molecule has 2 rings (SSSR count). The van der Waals surface area contributed by atoms with Crippen LogP contribution < -0.4 is 0 Å². The van der Waals surface area contributed by atoms with Crippen molar-refractivity contribution in [3.63, 3.8) is 0 Å². The molecule has 0 bridgehead atoms. The molecule has 0 aliphatic heterocycles. The molecule has 106 valence electrons. The lowest BCUT2D eigenvalue weighted by atomic mass is 10.3. The highest BCUT2D eigenvalue weighted by molar-refractivity contribution is 8.00. The molecule has 0 saturated carbocycles. The molecule has 0 radical (unpaired) electrons. The monoisotopic (exact) mass is 291 g/mol. The lowest BCUT2D eigenvalue weighted by Crippen LogP contribution is -2.27. The van der Waals surface area contributed by atoms with Crippen LogP contribution in [0, 0.1) is 6.92 Å². The number of rotatable bonds is 5. The van der Waals surface area contributed by atoms with E-state index in [4.69, 9.17) is 4.42 Å². The minimum atomic E-state index is 0.0390. The summed E-state index contributed by atoms with van der Waals surface area (Å²) in [4.78, 5) is 14.6. The van der Waals surface area contributed by atoms with Gasteiger partial charge in [-0.05, 0) is 43.3 Å². The number of hydrogen-bond donors (Lipinski definition) is 1. The van der Waals surface area contributed by atoms with Crippen LogP contribution in [0.5, 0.6) is 5.75 Å². The van der Waals surface area contributed by atoms with Crippen molar-refractivity contribution >= 4 is 17.7 Å². The predicted octanol–water partition coefficient (Wildman–Crippen LogP) is 3.04. The average Bonchev–Trinajstić information content (AvgIpc) is 2.83. The number of phenolic OH excluding ortho intramolecular Hbond substituents is 1. The van der Waals surface area contributed by atoms with E-state index >= 15 is 0 Å². The molecule has 1 aromatic heterocycles. The van der Waals surface area contributed by atoms with Gasteiger partial charge in [0.1, 0.15) is 17.3 Å². The molecular weight excluding hydrogens is 274 g/mol. The number of thioether (sulfide) groups is 1. The van der Waals surface area contributed by atoms with Crippen LogP contribution in [0.2, 0.25) is 0 Å². The maximum Gasteiger partial charge on any atom is 0.233 e. The number of carbonyl (C=O) groups excluding carboxylic acids is 1. The highest BCUT2D eigenvalue weighted by atomic mass is 32.2. The predicted molar refractivity (Wildman–Crippen MR) is 78.7 cm³/mol. The molecule has 20 heavy (non-hydrogen) atoms. The van der Waals surface area contributed by atoms with Crippen molar-refractivity contribution in [1.29, 1.82) is 0 Å². The molecular formula is C15H17NO3S. The lowest BCUT2D eigenvalue weighted by Gasteiger charge is -2.15. The van der Waals surface area contributed by atoms with Gasteiger partial charge < -0.3 is 14.4 Å². The normalized spacial score (nSPS) is 10.5. The number of amides is 1. The van der Waals surface area contributed by atoms with Crippen LogP contribution >= 0.6 is 11.8 Å². The Bertz CT molecular complexity index is 577. The molecule has 1 amide bonds. The molecule has 4 nitrogen and oxygen atoms in total. The number of nitrogens with zero attached hydrogens (tertiary/aromatic N) is 1. The minimum absolute atomic E-state index is 0.0390. The Morgan fingerprint density at radius 3 is 2.55 bits per heavy atom. The Morgan fingerprint density at radius 2 is 1.95 bits per heavy atom. The maximum absolute atomic E-state index is 12.0. The fourth-order valence-electron chi connectivity index (χ4n) is 1.69. The molecule has 1 aromatic carbocycles. The Labute approximate surface area is 122 Å². The van der Waals surface area contributed by atoms with Crippen LogP contribution in [0.25, 0.3) is 0 Å². The SMILES string of the molecule is Cc1ccc(CN(C)C(=O)CSc2ccc(O)cc2)o1. The lowest BCUT2D eigenvalue weighted by molar-refractivity contribution is -0.127. The van der Waals surface area contributed by atoms with Crippen LogP contribution in [-0.4, -0.2) is 28.7 Å². The highest BCUT2D eigenvalue weighted by Crippen LogP contribution is 2.21. The number of benzene rings is 1. The maximum atomic E-state index is 12.0. The van der Waals surface area contributed by atoms with Gasteiger partial charge in [0, 0.05) is 11.9 Å². The standard InChI is InChI=1S/C15H17NO3S/c1-11-3-6-13(19-11)9-16(2)15(18)10-20-14-7-4-12(17)5-8-14/h3-8,17H,9-10H2,1-2H3. The summed E-state index contributed by atoms with van der Waals surface area (Å²) in [7, 11) is 1.76. The first kappa shape index (κ1) is 14.5. The quantitative estimate of drug-likeness (QED) is 0.860. The zero-order valence-corrected chi connectivity index (χ0v) is 12.3. The van der Waals surface area contributed by atoms with Crippen molar-refractivity contribution < 1.29 is 14.3 Å². The number of furan rings is 1. The van der Waals surface area contributed by atoms with Crippen LogP contribution in [0.1, 0.15) is 11.5 Å². The summed E-state index contributed by atoms with van der Waals surface area (Å²) in [5, 5.41) is 9.19. The first-order valence-corrected chi connectivity index (χ1v) is 7.24. The van der Waals surface area contributed by atoms with Crippen molar-refractivity contribution in [2.24, 2.45) is 0 Å². The Balaban J connectivity index is 1.83. The second kappa shape index (κ2) is 6.52. The summed E-state index contributed by atoms with van der Waals surface area (Å²) >= 11 is 1.45. The van der Waals surface area contributed by atoms with Gasteiger partial charge in [0.05, 0.1) is 12.3 Å². The Morgan fingerprint density at radius 1 is 1.25 bits per heavy atom. The van der Waals surface area contributed by atoms with Crippen LogP contribution in [-0.2, 0) is 11.3 Å². The number of phenols is 1. The van der Waals surface area contributed by atoms with E-state index in [2.05, 4.69) is 0 Å². The van der Waals surface area contributed by atoms with Gasteiger partial charge >= 0.3 is 0 Å². The molecule has 0 saturated heterocycles. The fraction of sp³-hybridized carbons (Fsp3) is 0.267. The molecule has 0 spiro atoms. The number of aromatic hydroxyl groups is 1. The number of aryl methyl sites for hydroxylation is 1. The highest BCUT2D eigenvalue weighted by Gasteiger charge is 2.11. The molecule has 0 aliphatic carbocycles. The van der Waals surface area contributed by atoms with Gasteiger partial charge in [-0.15, -0.1) is 11.8 Å². The fourth-order valence-corrected chi connectivity index (χ4v) is 2.53. The summed E-state index contributed by atoms with van der Waals surface area (Å²) in [6.45, 7) is 2.36. The number of carbonyl (C=O) groups is 1. The van der Waals surface area contributed by atoms with Gasteiger partial charge in [-0.3, -0.25) is 4.79 Å². The van der Waals surface area contributed by atoms with Crippen molar-refractivity contribution in [3.8, 4) is 5.75 Å². The molecule has 2 aromatic rings. The van der Waals surface area contributed by atoms with Crippen molar-refractivity contribution in [2.45, 2.75) is 18.4 Å². The van der Waals surface area contributed by atoms with E-state index in [-0.39, 0.29) is 11.7 Å². The molecule has 0 fully saturated rings. The van der Waals surface area contributed by atoms with Crippen LogP contribution in [0.15, 0.2) is 45.7 Å². The van der Waals surface area contributed by atoms with Gasteiger partial charge in [0.2, 0.25) is 5.91 Å². The molecule has 0 aliphatic rings. The van der Waals surface area contributed by atoms with Crippen molar-refractivity contribution in [2.75, 3.05) is 12.8 Å². The van der Waals surface area contributed by atoms with Gasteiger partial charge in [-0.25, -0.2) is 0 Å². The second-order valence-electron chi connectivity index (χ2n) is 4.54. The first-order chi connectivity index (χ1) is 9.54. The Hall–Kier alpha value is -1.88. The summed E-state index contributed by atoms with van der Waals surface area (Å²) < 4.78 is 5.45. The van der Waals surface area contributed by atoms with E-state index in [1.807, 2.05) is 19.1 Å². The van der Waals surface area contributed by atoms with Crippen LogP contribution in [0.3, 0.4) is 0 Å². The molecule has 5 heteroatoms. The molecule has 1 N–H and O–H groups in total. The van der Waals surface area contributed by atoms with Gasteiger partial charge in [0.25, 0.3) is 0 Å². The second-order valence-corrected chi connectivity index (χ2v) is 5.59. The smallest absolute Gasteiger partial charge is 0.233 e. The van der Waals surface area contributed by atoms with Crippen molar-refractivity contribution in [3.05, 3.63) is 47.9 Å². The van der Waals surface area contributed by atoms with Crippen LogP contribution in [0.4, 0.5) is 0 Å². The van der Waals surface area contributed by atoms with Crippen molar-refractivity contribution in [1.82, 2.24) is 4.90 Å². The third-order valence-electron chi connectivity index (χ3n) is 2.81. The zero-order chi connectivity index (χ0) is 14.5. The molecule has 0 unspecified atom stereocenters. The summed E-state index contributed by atoms with van der Waals surface area (Å²) in [5.41, 5.74) is 0. The van der Waals surface area contributed by atoms with Gasteiger partial charge in [-0.1, -0.05) is 0 Å². The van der Waals surface area contributed by atoms with E-state index in [0.29, 0.717) is 12.3 Å². The van der Waals surface area contributed by atoms with E-state index < -0.39 is 0 Å². The van der Waals surface area contributed by atoms with Gasteiger partial charge in [0.15, 0.2) is 0 Å². The average molecular weight is 291 g/mol. The Kier molecular flexibility index (Phi) is 4.74. The summed E-state index contributed by atoms with van der Waals surface area (Å²) in [5.74, 6) is 2.26. The van der Waals surface area contributed by atoms with E-state index in [0.717, 1.165) is 16.4 Å². The minimum Gasteiger partial charge on any atom is -0.508 e. The molecule has 1 heterocycles. The van der Waals surface area contributed by atoms with Gasteiger partial charge in [-0.2, -0.15) is 0 Å². The first-order valence-electron chi connectivity index (χ1n) is 6.25. The summed E-state index contributed by atoms with van der Waals surface area (Å²) in [6.07, 6.45) is 0. The molecule has 0 atom stereocenters. The zero-order valence-electron chi connectivity index (χ0n) is 11.5. The third-order valence-corrected chi connectivity index (χ3v) is 3.81. The van der Waals surface area contributed by atoms with E-state index in [1.54, 1.807) is 36.2 Å². The van der Waals surface area contributed by atoms with E-state index in [1.165, 1.54) is 11.8 Å². The number of hydrogen-bond acceptors (Lipinski definition) is 4. The largest absolute Gasteiger partial charge is 0.508 e. The van der Waals surface area contributed by atoms with E-state index in [9.17, 15) is 9.90 Å². The summed E-state index contributed by atoms with van der Waals surface area (Å²) in [6, 6.07) is 10.6.